The van der Waals surface area contributed by atoms with Gasteiger partial charge in [0.05, 0.1) is 5.52 Å². The number of amides is 1. The third kappa shape index (κ3) is 5.60. The van der Waals surface area contributed by atoms with Crippen LogP contribution in [-0.4, -0.2) is 24.0 Å². The zero-order valence-electron chi connectivity index (χ0n) is 17.8. The Morgan fingerprint density at radius 1 is 0.935 bits per heavy atom. The van der Waals surface area contributed by atoms with Crippen molar-refractivity contribution >= 4 is 28.6 Å². The Labute approximate surface area is 184 Å². The van der Waals surface area contributed by atoms with E-state index >= 15 is 0 Å². The first-order chi connectivity index (χ1) is 15.3. The van der Waals surface area contributed by atoms with Crippen molar-refractivity contribution in [1.29, 1.82) is 0 Å². The number of anilines is 1. The Balaban J connectivity index is 1.26. The summed E-state index contributed by atoms with van der Waals surface area (Å²) in [6.45, 7) is 1.46. The van der Waals surface area contributed by atoms with Crippen molar-refractivity contribution < 1.29 is 4.79 Å². The molecule has 1 aliphatic carbocycles. The highest BCUT2D eigenvalue weighted by atomic mass is 16.1. The lowest BCUT2D eigenvalue weighted by atomic mass is 9.92. The van der Waals surface area contributed by atoms with Gasteiger partial charge in [-0.2, -0.15) is 0 Å². The Morgan fingerprint density at radius 3 is 2.65 bits per heavy atom. The van der Waals surface area contributed by atoms with Crippen LogP contribution in [0.4, 0.5) is 5.69 Å². The van der Waals surface area contributed by atoms with Crippen LogP contribution in [-0.2, 0) is 17.6 Å². The molecule has 4 nitrogen and oxygen atoms in total. The molecule has 0 saturated carbocycles. The summed E-state index contributed by atoms with van der Waals surface area (Å²) in [4.78, 5) is 16.9. The first-order valence-electron chi connectivity index (χ1n) is 11.1. The predicted octanol–water partition coefficient (Wildman–Crippen LogP) is 5.30. The highest BCUT2D eigenvalue weighted by molar-refractivity contribution is 5.93. The zero-order valence-corrected chi connectivity index (χ0v) is 17.8. The van der Waals surface area contributed by atoms with E-state index in [1.54, 1.807) is 12.2 Å². The third-order valence-corrected chi connectivity index (χ3v) is 5.57. The first-order valence-corrected chi connectivity index (χ1v) is 11.1. The topological polar surface area (TPSA) is 54.0 Å². The molecular weight excluding hydrogens is 382 g/mol. The zero-order chi connectivity index (χ0) is 21.3. The molecule has 1 aliphatic rings. The van der Waals surface area contributed by atoms with Crippen LogP contribution in [0, 0.1) is 0 Å². The van der Waals surface area contributed by atoms with Crippen molar-refractivity contribution in [3.05, 3.63) is 89.6 Å². The first kappa shape index (κ1) is 20.9. The van der Waals surface area contributed by atoms with E-state index in [0.29, 0.717) is 6.54 Å². The Morgan fingerprint density at radius 2 is 1.74 bits per heavy atom. The molecule has 4 rings (SSSR count). The summed E-state index contributed by atoms with van der Waals surface area (Å²) < 4.78 is 0. The van der Waals surface area contributed by atoms with Gasteiger partial charge >= 0.3 is 0 Å². The second kappa shape index (κ2) is 10.6. The van der Waals surface area contributed by atoms with Crippen LogP contribution in [0.1, 0.15) is 36.1 Å². The fraction of sp³-hybridized carbons (Fsp3) is 0.259. The number of benzene rings is 2. The van der Waals surface area contributed by atoms with Crippen LogP contribution in [0.3, 0.4) is 0 Å². The van der Waals surface area contributed by atoms with Gasteiger partial charge in [0, 0.05) is 35.9 Å². The number of aromatic nitrogens is 1. The lowest BCUT2D eigenvalue weighted by Gasteiger charge is -2.21. The van der Waals surface area contributed by atoms with Gasteiger partial charge in [0.25, 0.3) is 0 Å². The molecule has 0 fully saturated rings. The standard InChI is InChI=1S/C27H29N3O/c31-26(18-9-4-13-21-11-2-1-3-12-21)28-19-10-20-29-27-22-14-5-7-16-24(22)30-25-17-8-6-15-23(25)27/h1-5,7,9,11-14,16,18H,6,8,10,15,17,19-20H2,(H,28,31)(H,29,30)/b13-4+,18-9+. The molecule has 0 unspecified atom stereocenters. The fourth-order valence-corrected chi connectivity index (χ4v) is 4.02. The Kier molecular flexibility index (Phi) is 7.12. The molecule has 0 bridgehead atoms. The Hall–Kier alpha value is -3.40. The van der Waals surface area contributed by atoms with Crippen molar-refractivity contribution in [2.45, 2.75) is 32.1 Å². The number of hydrogen-bond donors (Lipinski definition) is 2. The molecule has 0 saturated heterocycles. The number of para-hydroxylation sites is 1. The molecule has 1 amide bonds. The lowest BCUT2D eigenvalue weighted by molar-refractivity contribution is -0.116. The molecule has 1 aromatic heterocycles. The predicted molar refractivity (Wildman–Crippen MR) is 129 cm³/mol. The normalized spacial score (nSPS) is 13.5. The highest BCUT2D eigenvalue weighted by Gasteiger charge is 2.17. The molecule has 0 radical (unpaired) electrons. The molecular formula is C27H29N3O. The molecule has 3 aromatic rings. The number of pyridine rings is 1. The number of rotatable bonds is 8. The third-order valence-electron chi connectivity index (χ3n) is 5.57. The maximum atomic E-state index is 12.0. The maximum Gasteiger partial charge on any atom is 0.243 e. The van der Waals surface area contributed by atoms with E-state index in [0.717, 1.165) is 36.9 Å². The molecule has 31 heavy (non-hydrogen) atoms. The van der Waals surface area contributed by atoms with E-state index in [4.69, 9.17) is 4.98 Å². The minimum Gasteiger partial charge on any atom is -0.384 e. The molecule has 0 aliphatic heterocycles. The van der Waals surface area contributed by atoms with E-state index in [-0.39, 0.29) is 5.91 Å². The van der Waals surface area contributed by atoms with Gasteiger partial charge in [0.2, 0.25) is 5.91 Å². The maximum absolute atomic E-state index is 12.0. The van der Waals surface area contributed by atoms with E-state index in [1.807, 2.05) is 48.6 Å². The summed E-state index contributed by atoms with van der Waals surface area (Å²) in [6.07, 6.45) is 12.7. The van der Waals surface area contributed by atoms with Gasteiger partial charge in [-0.05, 0) is 49.3 Å². The van der Waals surface area contributed by atoms with Gasteiger partial charge in [-0.3, -0.25) is 9.78 Å². The minimum atomic E-state index is -0.0653. The van der Waals surface area contributed by atoms with E-state index < -0.39 is 0 Å². The van der Waals surface area contributed by atoms with Crippen molar-refractivity contribution in [3.8, 4) is 0 Å². The average Bonchev–Trinajstić information content (AvgIpc) is 2.81. The largest absolute Gasteiger partial charge is 0.384 e. The number of aryl methyl sites for hydroxylation is 1. The van der Waals surface area contributed by atoms with Crippen LogP contribution < -0.4 is 10.6 Å². The molecule has 158 valence electrons. The van der Waals surface area contributed by atoms with Gasteiger partial charge in [-0.1, -0.05) is 66.8 Å². The highest BCUT2D eigenvalue weighted by Crippen LogP contribution is 2.33. The number of carbonyl (C=O) groups is 1. The summed E-state index contributed by atoms with van der Waals surface area (Å²) in [5.41, 5.74) is 6.03. The van der Waals surface area contributed by atoms with Gasteiger partial charge in [0.1, 0.15) is 0 Å². The summed E-state index contributed by atoms with van der Waals surface area (Å²) in [5.74, 6) is -0.0653. The van der Waals surface area contributed by atoms with Gasteiger partial charge in [-0.25, -0.2) is 0 Å². The number of allylic oxidation sites excluding steroid dienone is 2. The van der Waals surface area contributed by atoms with Crippen molar-refractivity contribution in [2.75, 3.05) is 18.4 Å². The van der Waals surface area contributed by atoms with E-state index in [2.05, 4.69) is 28.8 Å². The van der Waals surface area contributed by atoms with Crippen molar-refractivity contribution in [2.24, 2.45) is 0 Å². The smallest absolute Gasteiger partial charge is 0.243 e. The van der Waals surface area contributed by atoms with Crippen LogP contribution in [0.25, 0.3) is 17.0 Å². The number of nitrogens with one attached hydrogen (secondary N) is 2. The lowest BCUT2D eigenvalue weighted by Crippen LogP contribution is -2.24. The van der Waals surface area contributed by atoms with Crippen LogP contribution in [0.2, 0.25) is 0 Å². The summed E-state index contributed by atoms with van der Waals surface area (Å²) >= 11 is 0. The molecule has 2 aromatic carbocycles. The summed E-state index contributed by atoms with van der Waals surface area (Å²) in [7, 11) is 0. The van der Waals surface area contributed by atoms with Crippen LogP contribution in [0.15, 0.2) is 72.8 Å². The van der Waals surface area contributed by atoms with Gasteiger partial charge < -0.3 is 10.6 Å². The second-order valence-corrected chi connectivity index (χ2v) is 7.84. The van der Waals surface area contributed by atoms with Crippen molar-refractivity contribution in [1.82, 2.24) is 10.3 Å². The van der Waals surface area contributed by atoms with Gasteiger partial charge in [-0.15, -0.1) is 0 Å². The molecule has 4 heteroatoms. The van der Waals surface area contributed by atoms with Crippen molar-refractivity contribution in [3.63, 3.8) is 0 Å². The van der Waals surface area contributed by atoms with E-state index in [9.17, 15) is 4.79 Å². The van der Waals surface area contributed by atoms with Gasteiger partial charge in [0.15, 0.2) is 0 Å². The number of carbonyl (C=O) groups excluding carboxylic acids is 1. The molecule has 2 N–H and O–H groups in total. The van der Waals surface area contributed by atoms with Crippen LogP contribution in [0.5, 0.6) is 0 Å². The monoisotopic (exact) mass is 411 g/mol. The fourth-order valence-electron chi connectivity index (χ4n) is 4.02. The average molecular weight is 412 g/mol. The summed E-state index contributed by atoms with van der Waals surface area (Å²) in [6, 6.07) is 18.4. The minimum absolute atomic E-state index is 0.0653. The number of fused-ring (bicyclic) bond motifs is 2. The molecule has 0 spiro atoms. The SMILES string of the molecule is O=C(/C=C/C=C/c1ccccc1)NCCCNc1c2c(nc3ccccc13)CCCC2. The molecule has 0 atom stereocenters. The summed E-state index contributed by atoms with van der Waals surface area (Å²) in [5, 5.41) is 7.79. The number of nitrogens with zero attached hydrogens (tertiary/aromatic N) is 1. The molecule has 1 heterocycles. The van der Waals surface area contributed by atoms with Crippen LogP contribution >= 0.6 is 0 Å². The van der Waals surface area contributed by atoms with E-state index in [1.165, 1.54) is 35.2 Å². The Bertz CT molecular complexity index is 1090. The second-order valence-electron chi connectivity index (χ2n) is 7.84. The number of hydrogen-bond acceptors (Lipinski definition) is 3. The quantitative estimate of drug-likeness (QED) is 0.300.